The molecule has 4 aromatic heterocycles. The predicted octanol–water partition coefficient (Wildman–Crippen LogP) is 5.66. The SMILES string of the molecule is CCn1ncc(-c2cc(C(F)F)nc3sc(C(N)=O)c(NC(=O)c4ccnn4COc4ccccc4Cl)c23)c1C. The highest BCUT2D eigenvalue weighted by Crippen LogP contribution is 2.43. The van der Waals surface area contributed by atoms with E-state index in [-0.39, 0.29) is 27.8 Å². The average Bonchev–Trinajstić information content (AvgIpc) is 3.64. The van der Waals surface area contributed by atoms with Crippen molar-refractivity contribution in [3.05, 3.63) is 75.8 Å². The van der Waals surface area contributed by atoms with Gasteiger partial charge in [-0.15, -0.1) is 11.3 Å². The van der Waals surface area contributed by atoms with E-state index in [1.807, 2.05) is 6.92 Å². The van der Waals surface area contributed by atoms with E-state index >= 15 is 0 Å². The van der Waals surface area contributed by atoms with Crippen LogP contribution in [0.15, 0.2) is 48.8 Å². The Bertz CT molecular complexity index is 1750. The molecule has 0 saturated carbocycles. The second-order valence-corrected chi connectivity index (χ2v) is 9.99. The van der Waals surface area contributed by atoms with Gasteiger partial charge in [0, 0.05) is 29.4 Å². The minimum atomic E-state index is -2.87. The zero-order valence-electron chi connectivity index (χ0n) is 21.2. The third-order valence-electron chi connectivity index (χ3n) is 6.19. The molecule has 0 aliphatic carbocycles. The summed E-state index contributed by atoms with van der Waals surface area (Å²) in [5, 5.41) is 11.9. The number of para-hydroxylation sites is 1. The Morgan fingerprint density at radius 2 is 1.95 bits per heavy atom. The number of primary amides is 1. The molecule has 0 aliphatic heterocycles. The lowest BCUT2D eigenvalue weighted by molar-refractivity contribution is 0.100. The predicted molar refractivity (Wildman–Crippen MR) is 147 cm³/mol. The van der Waals surface area contributed by atoms with Gasteiger partial charge in [-0.2, -0.15) is 10.2 Å². The molecule has 0 radical (unpaired) electrons. The van der Waals surface area contributed by atoms with Crippen LogP contribution in [-0.4, -0.2) is 36.4 Å². The standard InChI is InChI=1S/C26H22ClF2N7O3S/c1-3-35-13(2)15(11-32-35)14-10-17(23(28)29)33-26-20(14)21(22(40-26)24(30)37)34-25(38)18-8-9-31-36(18)12-39-19-7-5-4-6-16(19)27/h4-11,23H,3,12H2,1-2H3,(H2,30,37)(H,34,38). The minimum absolute atomic E-state index is 0.0394. The third-order valence-corrected chi connectivity index (χ3v) is 7.60. The molecular formula is C26H22ClF2N7O3S. The third kappa shape index (κ3) is 5.00. The molecule has 5 rings (SSSR count). The van der Waals surface area contributed by atoms with Gasteiger partial charge in [0.1, 0.15) is 26.8 Å². The Labute approximate surface area is 235 Å². The summed E-state index contributed by atoms with van der Waals surface area (Å²) >= 11 is 6.97. The summed E-state index contributed by atoms with van der Waals surface area (Å²) in [6, 6.07) is 9.55. The monoisotopic (exact) mass is 585 g/mol. The number of amides is 2. The number of aryl methyl sites for hydroxylation is 1. The molecule has 0 atom stereocenters. The number of benzene rings is 1. The molecule has 1 aromatic carbocycles. The summed E-state index contributed by atoms with van der Waals surface area (Å²) in [7, 11) is 0. The summed E-state index contributed by atoms with van der Waals surface area (Å²) in [5.74, 6) is -1.08. The molecule has 4 heterocycles. The molecule has 0 fully saturated rings. The number of fused-ring (bicyclic) bond motifs is 1. The van der Waals surface area contributed by atoms with Crippen LogP contribution < -0.4 is 15.8 Å². The van der Waals surface area contributed by atoms with Crippen LogP contribution >= 0.6 is 22.9 Å². The molecule has 10 nitrogen and oxygen atoms in total. The first-order chi connectivity index (χ1) is 19.2. The van der Waals surface area contributed by atoms with E-state index in [0.29, 0.717) is 39.5 Å². The van der Waals surface area contributed by atoms with Gasteiger partial charge in [-0.25, -0.2) is 18.4 Å². The molecule has 0 unspecified atom stereocenters. The van der Waals surface area contributed by atoms with Gasteiger partial charge < -0.3 is 15.8 Å². The van der Waals surface area contributed by atoms with Crippen molar-refractivity contribution in [3.8, 4) is 16.9 Å². The van der Waals surface area contributed by atoms with E-state index in [1.165, 1.54) is 23.0 Å². The van der Waals surface area contributed by atoms with Crippen LogP contribution in [0.2, 0.25) is 5.02 Å². The van der Waals surface area contributed by atoms with Crippen molar-refractivity contribution in [1.82, 2.24) is 24.5 Å². The molecule has 0 aliphatic rings. The lowest BCUT2D eigenvalue weighted by Crippen LogP contribution is -2.21. The molecule has 206 valence electrons. The van der Waals surface area contributed by atoms with Crippen LogP contribution in [0.3, 0.4) is 0 Å². The largest absolute Gasteiger partial charge is 0.470 e. The second kappa shape index (κ2) is 11.0. The van der Waals surface area contributed by atoms with Crippen LogP contribution in [0.25, 0.3) is 21.3 Å². The molecular weight excluding hydrogens is 564 g/mol. The van der Waals surface area contributed by atoms with Crippen molar-refractivity contribution in [2.24, 2.45) is 5.73 Å². The van der Waals surface area contributed by atoms with Gasteiger partial charge in [0.15, 0.2) is 6.73 Å². The second-order valence-electron chi connectivity index (χ2n) is 8.58. The Morgan fingerprint density at radius 1 is 1.18 bits per heavy atom. The van der Waals surface area contributed by atoms with Gasteiger partial charge in [0.2, 0.25) is 0 Å². The number of nitrogens with one attached hydrogen (secondary N) is 1. The Kier molecular flexibility index (Phi) is 7.50. The first-order valence-electron chi connectivity index (χ1n) is 12.0. The van der Waals surface area contributed by atoms with Crippen molar-refractivity contribution < 1.29 is 23.1 Å². The fraction of sp³-hybridized carbons (Fsp3) is 0.192. The summed E-state index contributed by atoms with van der Waals surface area (Å²) in [4.78, 5) is 30.1. The average molecular weight is 586 g/mol. The summed E-state index contributed by atoms with van der Waals surface area (Å²) in [5.41, 5.74) is 6.95. The minimum Gasteiger partial charge on any atom is -0.470 e. The van der Waals surface area contributed by atoms with Gasteiger partial charge >= 0.3 is 0 Å². The van der Waals surface area contributed by atoms with Crippen LogP contribution in [0.1, 0.15) is 44.9 Å². The highest BCUT2D eigenvalue weighted by Gasteiger charge is 2.27. The number of carbonyl (C=O) groups is 2. The van der Waals surface area contributed by atoms with Gasteiger partial charge in [0.05, 0.1) is 16.9 Å². The maximum Gasteiger partial charge on any atom is 0.280 e. The summed E-state index contributed by atoms with van der Waals surface area (Å²) in [6.07, 6.45) is 0.0991. The first kappa shape index (κ1) is 27.2. The van der Waals surface area contributed by atoms with E-state index in [2.05, 4.69) is 20.5 Å². The lowest BCUT2D eigenvalue weighted by Gasteiger charge is -2.13. The van der Waals surface area contributed by atoms with E-state index in [0.717, 1.165) is 11.3 Å². The van der Waals surface area contributed by atoms with Crippen LogP contribution in [0.5, 0.6) is 5.75 Å². The molecule has 40 heavy (non-hydrogen) atoms. The van der Waals surface area contributed by atoms with E-state index < -0.39 is 23.9 Å². The van der Waals surface area contributed by atoms with Crippen LogP contribution in [0.4, 0.5) is 14.5 Å². The molecule has 0 bridgehead atoms. The van der Waals surface area contributed by atoms with Crippen molar-refractivity contribution >= 4 is 50.7 Å². The number of halogens is 3. The number of hydrogen-bond donors (Lipinski definition) is 2. The maximum atomic E-state index is 13.8. The Hall–Kier alpha value is -4.36. The van der Waals surface area contributed by atoms with Gasteiger partial charge in [0.25, 0.3) is 18.2 Å². The number of ether oxygens (including phenoxy) is 1. The van der Waals surface area contributed by atoms with Crippen molar-refractivity contribution in [1.29, 1.82) is 0 Å². The normalized spacial score (nSPS) is 11.3. The number of alkyl halides is 2. The number of hydrogen-bond acceptors (Lipinski definition) is 7. The van der Waals surface area contributed by atoms with E-state index in [1.54, 1.807) is 42.1 Å². The fourth-order valence-corrected chi connectivity index (χ4v) is 5.47. The molecule has 2 amide bonds. The number of thiophene rings is 1. The lowest BCUT2D eigenvalue weighted by atomic mass is 10.0. The topological polar surface area (TPSA) is 130 Å². The quantitative estimate of drug-likeness (QED) is 0.229. The number of pyridine rings is 1. The number of rotatable bonds is 9. The molecule has 5 aromatic rings. The van der Waals surface area contributed by atoms with Crippen molar-refractivity contribution in [2.45, 2.75) is 33.5 Å². The van der Waals surface area contributed by atoms with Gasteiger partial charge in [-0.05, 0) is 43.7 Å². The Balaban J connectivity index is 1.58. The fourth-order valence-electron chi connectivity index (χ4n) is 4.26. The molecule has 3 N–H and O–H groups in total. The summed E-state index contributed by atoms with van der Waals surface area (Å²) < 4.78 is 36.4. The number of nitrogens with zero attached hydrogens (tertiary/aromatic N) is 5. The van der Waals surface area contributed by atoms with Crippen LogP contribution in [0, 0.1) is 6.92 Å². The number of anilines is 1. The van der Waals surface area contributed by atoms with Crippen molar-refractivity contribution in [3.63, 3.8) is 0 Å². The molecule has 0 spiro atoms. The van der Waals surface area contributed by atoms with E-state index in [9.17, 15) is 18.4 Å². The van der Waals surface area contributed by atoms with Crippen molar-refractivity contribution in [2.75, 3.05) is 5.32 Å². The smallest absolute Gasteiger partial charge is 0.280 e. The highest BCUT2D eigenvalue weighted by atomic mass is 35.5. The zero-order valence-corrected chi connectivity index (χ0v) is 22.8. The molecule has 0 saturated heterocycles. The number of nitrogens with two attached hydrogens (primary N) is 1. The number of aromatic nitrogens is 5. The first-order valence-corrected chi connectivity index (χ1v) is 13.2. The zero-order chi connectivity index (χ0) is 28.6. The summed E-state index contributed by atoms with van der Waals surface area (Å²) in [6.45, 7) is 4.13. The highest BCUT2D eigenvalue weighted by molar-refractivity contribution is 7.21. The number of carbonyl (C=O) groups excluding carboxylic acids is 2. The van der Waals surface area contributed by atoms with Gasteiger partial charge in [-0.1, -0.05) is 23.7 Å². The Morgan fingerprint density at radius 3 is 2.62 bits per heavy atom. The molecule has 14 heteroatoms. The van der Waals surface area contributed by atoms with Gasteiger partial charge in [-0.3, -0.25) is 14.3 Å². The van der Waals surface area contributed by atoms with E-state index in [4.69, 9.17) is 22.1 Å². The maximum absolute atomic E-state index is 13.8. The van der Waals surface area contributed by atoms with Crippen LogP contribution in [-0.2, 0) is 13.3 Å².